The van der Waals surface area contributed by atoms with Gasteiger partial charge in [0.05, 0.1) is 17.1 Å². The van der Waals surface area contributed by atoms with E-state index in [1.54, 1.807) is 7.11 Å². The second kappa shape index (κ2) is 8.09. The van der Waals surface area contributed by atoms with E-state index in [-0.39, 0.29) is 47.3 Å². The van der Waals surface area contributed by atoms with Crippen LogP contribution >= 0.6 is 0 Å². The molecule has 3 aliphatic rings. The first-order valence-electron chi connectivity index (χ1n) is 12.2. The molecule has 1 saturated heterocycles. The van der Waals surface area contributed by atoms with Crippen molar-refractivity contribution in [2.24, 2.45) is 17.3 Å². The summed E-state index contributed by atoms with van der Waals surface area (Å²) in [5.74, 6) is 0.0466. The number of hydrogen-bond acceptors (Lipinski definition) is 4. The van der Waals surface area contributed by atoms with Crippen molar-refractivity contribution in [1.82, 2.24) is 5.32 Å². The third kappa shape index (κ3) is 3.17. The predicted octanol–water partition coefficient (Wildman–Crippen LogP) is 4.91. The summed E-state index contributed by atoms with van der Waals surface area (Å²) in [6.07, 6.45) is 0.995. The SMILES string of the molecule is COC1c2cc3c(cc2C2C(Cc4ccccc4)NC(=O)C1(C)C2C)C(C(C)=O)=C(O)C(C)C3. The van der Waals surface area contributed by atoms with E-state index in [9.17, 15) is 14.7 Å². The molecule has 2 aromatic carbocycles. The average molecular weight is 460 g/mol. The number of hydrogen-bond donors (Lipinski definition) is 2. The number of carbonyl (C=O) groups excluding carboxylic acids is 2. The van der Waals surface area contributed by atoms with Gasteiger partial charge in [-0.2, -0.15) is 0 Å². The van der Waals surface area contributed by atoms with Gasteiger partial charge in [0.25, 0.3) is 0 Å². The molecule has 0 spiro atoms. The molecule has 2 aromatic rings. The van der Waals surface area contributed by atoms with E-state index in [2.05, 4.69) is 36.5 Å². The summed E-state index contributed by atoms with van der Waals surface area (Å²) in [6.45, 7) is 7.63. The highest BCUT2D eigenvalue weighted by atomic mass is 16.5. The number of piperidine rings is 1. The van der Waals surface area contributed by atoms with Crippen LogP contribution in [0.4, 0.5) is 0 Å². The number of carbonyl (C=O) groups is 2. The number of benzene rings is 2. The fourth-order valence-corrected chi connectivity index (χ4v) is 6.71. The molecule has 0 radical (unpaired) electrons. The Labute approximate surface area is 201 Å². The van der Waals surface area contributed by atoms with Gasteiger partial charge in [-0.1, -0.05) is 50.2 Å². The maximum Gasteiger partial charge on any atom is 0.229 e. The van der Waals surface area contributed by atoms with Crippen LogP contribution in [0.1, 0.15) is 67.5 Å². The lowest BCUT2D eigenvalue weighted by molar-refractivity contribution is -0.155. The van der Waals surface area contributed by atoms with Crippen LogP contribution in [0.2, 0.25) is 0 Å². The zero-order chi connectivity index (χ0) is 24.4. The van der Waals surface area contributed by atoms with E-state index in [1.165, 1.54) is 12.5 Å². The quantitative estimate of drug-likeness (QED) is 0.682. The van der Waals surface area contributed by atoms with Crippen LogP contribution in [0.25, 0.3) is 5.57 Å². The van der Waals surface area contributed by atoms with Crippen molar-refractivity contribution in [3.05, 3.63) is 76.0 Å². The minimum Gasteiger partial charge on any atom is -0.511 e. The first-order chi connectivity index (χ1) is 16.2. The second-order valence-electron chi connectivity index (χ2n) is 10.5. The van der Waals surface area contributed by atoms with Gasteiger partial charge < -0.3 is 15.2 Å². The Hall–Kier alpha value is -2.92. The zero-order valence-electron chi connectivity index (χ0n) is 20.5. The number of ether oxygens (including phenoxy) is 1. The molecule has 1 aliphatic heterocycles. The van der Waals surface area contributed by atoms with Gasteiger partial charge in [0.2, 0.25) is 5.91 Å². The van der Waals surface area contributed by atoms with Gasteiger partial charge >= 0.3 is 0 Å². The molecular formula is C29H33NO4. The fourth-order valence-electron chi connectivity index (χ4n) is 6.71. The van der Waals surface area contributed by atoms with E-state index < -0.39 is 5.41 Å². The Balaban J connectivity index is 1.72. The Morgan fingerprint density at radius 1 is 1.18 bits per heavy atom. The summed E-state index contributed by atoms with van der Waals surface area (Å²) in [6, 6.07) is 14.4. The number of methoxy groups -OCH3 is 1. The third-order valence-corrected chi connectivity index (χ3v) is 8.62. The first-order valence-corrected chi connectivity index (χ1v) is 12.2. The highest BCUT2D eigenvalue weighted by Gasteiger charge is 2.59. The van der Waals surface area contributed by atoms with Gasteiger partial charge in [-0.3, -0.25) is 9.59 Å². The highest BCUT2D eigenvalue weighted by molar-refractivity contribution is 6.21. The number of nitrogens with one attached hydrogen (secondary N) is 1. The molecule has 1 fully saturated rings. The fraction of sp³-hybridized carbons (Fsp3) is 0.448. The summed E-state index contributed by atoms with van der Waals surface area (Å²) in [7, 11) is 1.67. The maximum absolute atomic E-state index is 13.6. The average Bonchev–Trinajstić information content (AvgIpc) is 2.79. The van der Waals surface area contributed by atoms with Gasteiger partial charge in [-0.15, -0.1) is 0 Å². The Morgan fingerprint density at radius 3 is 2.53 bits per heavy atom. The predicted molar refractivity (Wildman–Crippen MR) is 131 cm³/mol. The van der Waals surface area contributed by atoms with Crippen LogP contribution in [-0.4, -0.2) is 29.9 Å². The molecule has 5 heteroatoms. The Morgan fingerprint density at radius 2 is 1.88 bits per heavy atom. The standard InChI is InChI=1S/C29H33NO4/c1-15-11-19-13-22-21(14-20(19)25(17(3)31)26(15)32)24-16(2)29(4,27(22)34-5)28(33)30-23(24)12-18-9-7-6-8-10-18/h6-10,13-16,23-24,27,32H,11-12H2,1-5H3,(H,30,33). The molecule has 2 bridgehead atoms. The summed E-state index contributed by atoms with van der Waals surface area (Å²) >= 11 is 0. The molecule has 6 unspecified atom stereocenters. The number of Topliss-reactive ketones (excluding diaryl/α,β-unsaturated/α-hetero) is 1. The molecule has 34 heavy (non-hydrogen) atoms. The highest BCUT2D eigenvalue weighted by Crippen LogP contribution is 2.58. The Kier molecular flexibility index (Phi) is 5.44. The van der Waals surface area contributed by atoms with E-state index in [0.717, 1.165) is 28.7 Å². The molecule has 1 amide bonds. The monoisotopic (exact) mass is 459 g/mol. The number of rotatable bonds is 4. The van der Waals surface area contributed by atoms with Gasteiger partial charge in [-0.25, -0.2) is 0 Å². The lowest BCUT2D eigenvalue weighted by Gasteiger charge is -2.55. The topological polar surface area (TPSA) is 75.6 Å². The van der Waals surface area contributed by atoms with Crippen molar-refractivity contribution in [3.63, 3.8) is 0 Å². The van der Waals surface area contributed by atoms with Crippen molar-refractivity contribution in [3.8, 4) is 0 Å². The first kappa shape index (κ1) is 22.9. The molecule has 0 saturated carbocycles. The number of ketones is 1. The van der Waals surface area contributed by atoms with Gasteiger partial charge in [0, 0.05) is 25.0 Å². The van der Waals surface area contributed by atoms with E-state index in [1.807, 2.05) is 32.0 Å². The van der Waals surface area contributed by atoms with Crippen molar-refractivity contribution >= 4 is 17.3 Å². The summed E-state index contributed by atoms with van der Waals surface area (Å²) in [4.78, 5) is 26.2. The molecule has 0 aromatic heterocycles. The largest absolute Gasteiger partial charge is 0.511 e. The van der Waals surface area contributed by atoms with Crippen LogP contribution in [-0.2, 0) is 27.2 Å². The van der Waals surface area contributed by atoms with Crippen molar-refractivity contribution < 1.29 is 19.4 Å². The summed E-state index contributed by atoms with van der Waals surface area (Å²) in [5, 5.41) is 14.1. The van der Waals surface area contributed by atoms with Crippen LogP contribution in [0, 0.1) is 17.3 Å². The van der Waals surface area contributed by atoms with E-state index >= 15 is 0 Å². The molecule has 1 heterocycles. The molecule has 5 nitrogen and oxygen atoms in total. The van der Waals surface area contributed by atoms with E-state index in [0.29, 0.717) is 12.0 Å². The van der Waals surface area contributed by atoms with Crippen molar-refractivity contribution in [1.29, 1.82) is 0 Å². The summed E-state index contributed by atoms with van der Waals surface area (Å²) < 4.78 is 6.02. The zero-order valence-corrected chi connectivity index (χ0v) is 20.5. The minimum atomic E-state index is -0.699. The lowest BCUT2D eigenvalue weighted by Crippen LogP contribution is -2.62. The number of aliphatic hydroxyl groups excluding tert-OH is 1. The van der Waals surface area contributed by atoms with Gasteiger partial charge in [0.1, 0.15) is 5.76 Å². The maximum atomic E-state index is 13.6. The number of allylic oxidation sites excluding steroid dienone is 2. The van der Waals surface area contributed by atoms with Crippen molar-refractivity contribution in [2.45, 2.75) is 58.6 Å². The number of fused-ring (bicyclic) bond motifs is 5. The Bertz CT molecular complexity index is 1200. The van der Waals surface area contributed by atoms with Crippen molar-refractivity contribution in [2.75, 3.05) is 7.11 Å². The normalized spacial score (nSPS) is 32.0. The van der Waals surface area contributed by atoms with E-state index in [4.69, 9.17) is 4.74 Å². The van der Waals surface area contributed by atoms with Gasteiger partial charge in [0.15, 0.2) is 5.78 Å². The van der Waals surface area contributed by atoms with Crippen LogP contribution in [0.5, 0.6) is 0 Å². The molecule has 2 aliphatic carbocycles. The second-order valence-corrected chi connectivity index (χ2v) is 10.5. The summed E-state index contributed by atoms with van der Waals surface area (Å²) in [5.41, 5.74) is 4.90. The number of aliphatic hydroxyl groups is 1. The molecular weight excluding hydrogens is 426 g/mol. The van der Waals surface area contributed by atoms with Crippen LogP contribution in [0.15, 0.2) is 48.2 Å². The van der Waals surface area contributed by atoms with Gasteiger partial charge in [-0.05, 0) is 66.5 Å². The number of amides is 1. The lowest BCUT2D eigenvalue weighted by atomic mass is 9.54. The minimum absolute atomic E-state index is 0.0303. The molecule has 5 rings (SSSR count). The van der Waals surface area contributed by atoms with Crippen LogP contribution in [0.3, 0.4) is 0 Å². The smallest absolute Gasteiger partial charge is 0.229 e. The molecule has 178 valence electrons. The third-order valence-electron chi connectivity index (χ3n) is 8.62. The molecule has 6 atom stereocenters. The van der Waals surface area contributed by atoms with Crippen LogP contribution < -0.4 is 5.32 Å². The molecule has 2 N–H and O–H groups in total.